The third-order valence-electron chi connectivity index (χ3n) is 5.65. The Kier molecular flexibility index (Phi) is 5.41. The molecule has 3 atom stereocenters. The summed E-state index contributed by atoms with van der Waals surface area (Å²) in [6.45, 7) is 0. The molecule has 7 nitrogen and oxygen atoms in total. The summed E-state index contributed by atoms with van der Waals surface area (Å²) in [7, 11) is 0. The third-order valence-corrected chi connectivity index (χ3v) is 6.53. The molecule has 0 bridgehead atoms. The fourth-order valence-electron chi connectivity index (χ4n) is 4.26. The zero-order valence-electron chi connectivity index (χ0n) is 16.3. The predicted molar refractivity (Wildman–Crippen MR) is 106 cm³/mol. The molecule has 1 aliphatic carbocycles. The van der Waals surface area contributed by atoms with Gasteiger partial charge in [-0.15, -0.1) is 11.3 Å². The lowest BCUT2D eigenvalue weighted by atomic mass is 9.68. The number of allylic oxidation sites excluding steroid dienone is 2. The quantitative estimate of drug-likeness (QED) is 0.402. The van der Waals surface area contributed by atoms with Crippen LogP contribution in [0.25, 0.3) is 0 Å². The van der Waals surface area contributed by atoms with Crippen LogP contribution in [0.3, 0.4) is 0 Å². The van der Waals surface area contributed by atoms with Crippen LogP contribution in [0.5, 0.6) is 0 Å². The molecule has 0 saturated carbocycles. The van der Waals surface area contributed by atoms with Crippen molar-refractivity contribution in [3.63, 3.8) is 0 Å². The van der Waals surface area contributed by atoms with Crippen LogP contribution in [0.2, 0.25) is 0 Å². The molecule has 1 aromatic heterocycles. The maximum Gasteiger partial charge on any atom is 0.456 e. The highest BCUT2D eigenvalue weighted by Gasteiger charge is 2.69. The molecule has 168 valence electrons. The van der Waals surface area contributed by atoms with E-state index in [1.807, 2.05) is 0 Å². The molecule has 0 fully saturated rings. The number of Topliss-reactive ketones (excluding diaryl/α,β-unsaturated/α-hetero) is 2. The summed E-state index contributed by atoms with van der Waals surface area (Å²) in [5, 5.41) is 23.6. The summed E-state index contributed by atoms with van der Waals surface area (Å²) in [6.07, 6.45) is -5.18. The number of hydrogen-bond acceptors (Lipinski definition) is 7. The summed E-state index contributed by atoms with van der Waals surface area (Å²) < 4.78 is 47.6. The molecule has 11 heteroatoms. The van der Waals surface area contributed by atoms with E-state index in [4.69, 9.17) is 4.74 Å². The SMILES string of the molecule is O=C1CCCC2=C1C(c1cccc([N+](=O)[O-])c1)C(C(=O)c1cccs1)C(O)(C(F)(F)F)O2. The Morgan fingerprint density at radius 1 is 1.25 bits per heavy atom. The first-order valence-electron chi connectivity index (χ1n) is 9.61. The van der Waals surface area contributed by atoms with Crippen LogP contribution in [-0.4, -0.2) is 33.6 Å². The number of nitrogens with zero attached hydrogens (tertiary/aromatic N) is 1. The van der Waals surface area contributed by atoms with Gasteiger partial charge in [0.25, 0.3) is 5.69 Å². The third kappa shape index (κ3) is 3.51. The van der Waals surface area contributed by atoms with Gasteiger partial charge in [0, 0.05) is 36.5 Å². The maximum atomic E-state index is 14.2. The average molecular weight is 467 g/mol. The first kappa shape index (κ1) is 22.2. The Balaban J connectivity index is 2.01. The van der Waals surface area contributed by atoms with E-state index < -0.39 is 46.0 Å². The minimum absolute atomic E-state index is 0.0258. The van der Waals surface area contributed by atoms with Gasteiger partial charge in [-0.3, -0.25) is 19.7 Å². The van der Waals surface area contributed by atoms with Gasteiger partial charge in [0.1, 0.15) is 11.7 Å². The molecule has 2 aromatic rings. The van der Waals surface area contributed by atoms with E-state index in [9.17, 15) is 38.0 Å². The number of ether oxygens (including phenoxy) is 1. The Bertz CT molecular complexity index is 1130. The topological polar surface area (TPSA) is 107 Å². The Morgan fingerprint density at radius 3 is 2.62 bits per heavy atom. The Hall–Kier alpha value is -3.05. The summed E-state index contributed by atoms with van der Waals surface area (Å²) in [5.41, 5.74) is -0.624. The van der Waals surface area contributed by atoms with Gasteiger partial charge in [-0.05, 0) is 23.4 Å². The first-order valence-corrected chi connectivity index (χ1v) is 10.5. The Labute approximate surface area is 183 Å². The highest BCUT2D eigenvalue weighted by molar-refractivity contribution is 7.12. The molecule has 0 radical (unpaired) electrons. The van der Waals surface area contributed by atoms with Crippen molar-refractivity contribution >= 4 is 28.6 Å². The van der Waals surface area contributed by atoms with Gasteiger partial charge in [0.15, 0.2) is 11.6 Å². The van der Waals surface area contributed by atoms with Gasteiger partial charge in [0.05, 0.1) is 9.80 Å². The minimum Gasteiger partial charge on any atom is -0.457 e. The molecule has 1 aliphatic heterocycles. The number of nitro benzene ring substituents is 1. The average Bonchev–Trinajstić information content (AvgIpc) is 3.27. The van der Waals surface area contributed by atoms with E-state index in [1.54, 1.807) is 0 Å². The fraction of sp³-hybridized carbons (Fsp3) is 0.333. The summed E-state index contributed by atoms with van der Waals surface area (Å²) in [6, 6.07) is 7.51. The van der Waals surface area contributed by atoms with Crippen LogP contribution in [-0.2, 0) is 9.53 Å². The Morgan fingerprint density at radius 2 is 2.00 bits per heavy atom. The number of carbonyl (C=O) groups is 2. The highest BCUT2D eigenvalue weighted by atomic mass is 32.1. The van der Waals surface area contributed by atoms with Crippen molar-refractivity contribution in [1.82, 2.24) is 0 Å². The number of hydrogen-bond donors (Lipinski definition) is 1. The van der Waals surface area contributed by atoms with Gasteiger partial charge >= 0.3 is 12.0 Å². The minimum atomic E-state index is -5.39. The van der Waals surface area contributed by atoms with Crippen LogP contribution in [0, 0.1) is 16.0 Å². The standard InChI is InChI=1S/C21H16F3NO6S/c22-21(23,24)20(28)18(19(27)15-8-3-9-32-15)16(11-4-1-5-12(10-11)25(29)30)17-13(26)6-2-7-14(17)31-20/h1,3-5,8-10,16,18,28H,2,6-7H2. The number of halogens is 3. The van der Waals surface area contributed by atoms with E-state index in [1.165, 1.54) is 29.6 Å². The zero-order chi connectivity index (χ0) is 23.3. The van der Waals surface area contributed by atoms with Crippen molar-refractivity contribution in [3.8, 4) is 0 Å². The summed E-state index contributed by atoms with van der Waals surface area (Å²) in [4.78, 5) is 36.6. The number of non-ortho nitro benzene ring substituents is 1. The summed E-state index contributed by atoms with van der Waals surface area (Å²) in [5.74, 6) is -9.69. The number of carbonyl (C=O) groups excluding carboxylic acids is 2. The molecule has 2 aliphatic rings. The molecule has 1 N–H and O–H groups in total. The number of nitro groups is 1. The number of rotatable bonds is 4. The van der Waals surface area contributed by atoms with Gasteiger partial charge in [-0.2, -0.15) is 13.2 Å². The lowest BCUT2D eigenvalue weighted by Gasteiger charge is -2.46. The van der Waals surface area contributed by atoms with Gasteiger partial charge in [0.2, 0.25) is 0 Å². The smallest absolute Gasteiger partial charge is 0.456 e. The van der Waals surface area contributed by atoms with Crippen LogP contribution in [0.15, 0.2) is 53.1 Å². The molecule has 2 heterocycles. The van der Waals surface area contributed by atoms with Gasteiger partial charge in [-0.1, -0.05) is 18.2 Å². The molecule has 32 heavy (non-hydrogen) atoms. The first-order chi connectivity index (χ1) is 15.0. The molecule has 0 saturated heterocycles. The van der Waals surface area contributed by atoms with Gasteiger partial charge in [-0.25, -0.2) is 0 Å². The largest absolute Gasteiger partial charge is 0.457 e. The number of alkyl halides is 3. The van der Waals surface area contributed by atoms with Crippen molar-refractivity contribution in [2.75, 3.05) is 0 Å². The molecule has 3 unspecified atom stereocenters. The van der Waals surface area contributed by atoms with E-state index in [2.05, 4.69) is 0 Å². The van der Waals surface area contributed by atoms with Crippen molar-refractivity contribution in [2.24, 2.45) is 5.92 Å². The fourth-order valence-corrected chi connectivity index (χ4v) is 4.96. The van der Waals surface area contributed by atoms with Crippen molar-refractivity contribution in [3.05, 3.63) is 73.7 Å². The second-order valence-corrected chi connectivity index (χ2v) is 8.51. The van der Waals surface area contributed by atoms with E-state index >= 15 is 0 Å². The van der Waals surface area contributed by atoms with Crippen LogP contribution in [0.1, 0.15) is 40.4 Å². The summed E-state index contributed by atoms with van der Waals surface area (Å²) >= 11 is 0.879. The number of thiophene rings is 1. The van der Waals surface area contributed by atoms with Crippen molar-refractivity contribution < 1.29 is 37.5 Å². The molecule has 0 spiro atoms. The predicted octanol–water partition coefficient (Wildman–Crippen LogP) is 4.53. The second kappa shape index (κ2) is 7.82. The number of aliphatic hydroxyl groups is 1. The normalized spacial score (nSPS) is 25.8. The van der Waals surface area contributed by atoms with Crippen LogP contribution in [0.4, 0.5) is 18.9 Å². The van der Waals surface area contributed by atoms with Gasteiger partial charge < -0.3 is 9.84 Å². The lowest BCUT2D eigenvalue weighted by molar-refractivity contribution is -0.385. The molecular formula is C21H16F3NO6S. The van der Waals surface area contributed by atoms with Crippen LogP contribution < -0.4 is 0 Å². The lowest BCUT2D eigenvalue weighted by Crippen LogP contribution is -2.60. The van der Waals surface area contributed by atoms with E-state index in [-0.39, 0.29) is 41.0 Å². The van der Waals surface area contributed by atoms with E-state index in [0.717, 1.165) is 23.5 Å². The second-order valence-electron chi connectivity index (χ2n) is 7.56. The van der Waals surface area contributed by atoms with Crippen LogP contribution >= 0.6 is 11.3 Å². The maximum absolute atomic E-state index is 14.2. The number of ketones is 2. The zero-order valence-corrected chi connectivity index (χ0v) is 17.1. The monoisotopic (exact) mass is 467 g/mol. The molecule has 4 rings (SSSR count). The molecule has 0 amide bonds. The van der Waals surface area contributed by atoms with E-state index in [0.29, 0.717) is 0 Å². The molecular weight excluding hydrogens is 451 g/mol. The van der Waals surface area contributed by atoms with Crippen molar-refractivity contribution in [2.45, 2.75) is 37.1 Å². The molecule has 1 aromatic carbocycles. The highest BCUT2D eigenvalue weighted by Crippen LogP contribution is 2.55. The number of benzene rings is 1. The van der Waals surface area contributed by atoms with Crippen molar-refractivity contribution in [1.29, 1.82) is 0 Å².